The van der Waals surface area contributed by atoms with Gasteiger partial charge in [0, 0.05) is 40.9 Å². The van der Waals surface area contributed by atoms with Crippen molar-refractivity contribution in [1.29, 1.82) is 0 Å². The lowest BCUT2D eigenvalue weighted by Crippen LogP contribution is -2.42. The third kappa shape index (κ3) is 6.10. The van der Waals surface area contributed by atoms with Crippen LogP contribution in [0.4, 0.5) is 13.2 Å². The van der Waals surface area contributed by atoms with Crippen molar-refractivity contribution in [3.8, 4) is 5.75 Å². The van der Waals surface area contributed by atoms with E-state index in [1.807, 2.05) is 0 Å². The molecule has 4 rings (SSSR count). The van der Waals surface area contributed by atoms with Gasteiger partial charge in [-0.3, -0.25) is 4.98 Å². The molecule has 1 aromatic heterocycles. The number of fused-ring (bicyclic) bond motifs is 1. The predicted molar refractivity (Wildman–Crippen MR) is 139 cm³/mol. The minimum atomic E-state index is -1.30. The summed E-state index contributed by atoms with van der Waals surface area (Å²) in [5, 5.41) is 11.1. The van der Waals surface area contributed by atoms with E-state index in [-0.39, 0.29) is 23.5 Å². The summed E-state index contributed by atoms with van der Waals surface area (Å²) in [4.78, 5) is 6.86. The molecule has 1 aliphatic rings. The van der Waals surface area contributed by atoms with Crippen LogP contribution in [0.2, 0.25) is 5.02 Å². The van der Waals surface area contributed by atoms with Gasteiger partial charge in [0.25, 0.3) is 0 Å². The van der Waals surface area contributed by atoms with Crippen LogP contribution in [0.3, 0.4) is 0 Å². The largest absolute Gasteiger partial charge is 0.497 e. The summed E-state index contributed by atoms with van der Waals surface area (Å²) in [7, 11) is 1.56. The maximum atomic E-state index is 15.6. The molecule has 1 atom stereocenters. The van der Waals surface area contributed by atoms with E-state index in [4.69, 9.17) is 16.3 Å². The molecule has 0 saturated carbocycles. The van der Waals surface area contributed by atoms with Gasteiger partial charge in [-0.15, -0.1) is 11.8 Å². The number of methoxy groups -OCH3 is 1. The molecule has 0 radical (unpaired) electrons. The Morgan fingerprint density at radius 3 is 2.72 bits per heavy atom. The number of aliphatic hydroxyl groups excluding tert-OH is 1. The van der Waals surface area contributed by atoms with E-state index < -0.39 is 17.8 Å². The lowest BCUT2D eigenvalue weighted by Gasteiger charge is -2.41. The zero-order chi connectivity index (χ0) is 25.7. The van der Waals surface area contributed by atoms with Crippen molar-refractivity contribution in [2.24, 2.45) is 5.41 Å². The molecular formula is C27H30ClF3N2O2S. The average molecular weight is 539 g/mol. The molecule has 1 fully saturated rings. The molecule has 4 nitrogen and oxygen atoms in total. The van der Waals surface area contributed by atoms with Gasteiger partial charge in [-0.2, -0.15) is 0 Å². The van der Waals surface area contributed by atoms with Gasteiger partial charge in [0.15, 0.2) is 11.6 Å². The summed E-state index contributed by atoms with van der Waals surface area (Å²) < 4.78 is 48.1. The number of piperidine rings is 1. The quantitative estimate of drug-likeness (QED) is 0.287. The Labute approximate surface area is 218 Å². The molecule has 194 valence electrons. The summed E-state index contributed by atoms with van der Waals surface area (Å²) in [6.07, 6.45) is 2.44. The van der Waals surface area contributed by atoms with E-state index in [2.05, 4.69) is 9.88 Å². The predicted octanol–water partition coefficient (Wildman–Crippen LogP) is 6.83. The van der Waals surface area contributed by atoms with Gasteiger partial charge in [-0.1, -0.05) is 17.7 Å². The maximum absolute atomic E-state index is 15.6. The van der Waals surface area contributed by atoms with Crippen LogP contribution in [0.25, 0.3) is 10.9 Å². The summed E-state index contributed by atoms with van der Waals surface area (Å²) >= 11 is 7.66. The molecule has 36 heavy (non-hydrogen) atoms. The van der Waals surface area contributed by atoms with Crippen molar-refractivity contribution in [3.05, 3.63) is 64.8 Å². The fraction of sp³-hybridized carbons (Fsp3) is 0.444. The Hall–Kier alpha value is -2.00. The number of pyridine rings is 1. The molecule has 0 amide bonds. The first-order valence-electron chi connectivity index (χ1n) is 12.0. The number of rotatable bonds is 10. The number of aromatic nitrogens is 1. The molecule has 0 spiro atoms. The maximum Gasteiger partial charge on any atom is 0.172 e. The first kappa shape index (κ1) is 27.0. The fourth-order valence-electron chi connectivity index (χ4n) is 4.81. The number of hydrogen-bond acceptors (Lipinski definition) is 5. The van der Waals surface area contributed by atoms with Crippen molar-refractivity contribution in [2.75, 3.05) is 39.1 Å². The number of nitrogens with zero attached hydrogens (tertiary/aromatic N) is 2. The van der Waals surface area contributed by atoms with Gasteiger partial charge in [0.2, 0.25) is 0 Å². The lowest BCUT2D eigenvalue weighted by atomic mass is 9.74. The molecule has 0 aliphatic carbocycles. The highest BCUT2D eigenvalue weighted by Crippen LogP contribution is 2.42. The molecule has 2 heterocycles. The molecule has 1 saturated heterocycles. The SMILES string of the molecule is COc1ccc2ncc(Cl)c([C@@H](F)CCC3(CO)CCN(CCSc4cccc(F)c4F)CC3)c2c1. The minimum Gasteiger partial charge on any atom is -0.497 e. The highest BCUT2D eigenvalue weighted by molar-refractivity contribution is 7.99. The molecule has 1 N–H and O–H groups in total. The third-order valence-electron chi connectivity index (χ3n) is 7.14. The van der Waals surface area contributed by atoms with Crippen LogP contribution in [0.1, 0.15) is 37.4 Å². The van der Waals surface area contributed by atoms with E-state index in [0.29, 0.717) is 39.3 Å². The van der Waals surface area contributed by atoms with Gasteiger partial charge >= 0.3 is 0 Å². The first-order valence-corrected chi connectivity index (χ1v) is 13.4. The lowest BCUT2D eigenvalue weighted by molar-refractivity contribution is 0.0323. The average Bonchev–Trinajstić information content (AvgIpc) is 2.90. The number of benzene rings is 2. The van der Waals surface area contributed by atoms with E-state index in [1.54, 1.807) is 31.4 Å². The van der Waals surface area contributed by atoms with Crippen molar-refractivity contribution in [1.82, 2.24) is 9.88 Å². The Kier molecular flexibility index (Phi) is 9.04. The van der Waals surface area contributed by atoms with E-state index in [0.717, 1.165) is 38.5 Å². The number of aliphatic hydroxyl groups is 1. The van der Waals surface area contributed by atoms with E-state index >= 15 is 4.39 Å². The molecule has 9 heteroatoms. The van der Waals surface area contributed by atoms with Crippen LogP contribution >= 0.6 is 23.4 Å². The van der Waals surface area contributed by atoms with Crippen LogP contribution in [-0.2, 0) is 0 Å². The zero-order valence-electron chi connectivity index (χ0n) is 20.2. The highest BCUT2D eigenvalue weighted by Gasteiger charge is 2.35. The summed E-state index contributed by atoms with van der Waals surface area (Å²) in [6.45, 7) is 2.25. The summed E-state index contributed by atoms with van der Waals surface area (Å²) in [5.41, 5.74) is 0.710. The normalized spacial score (nSPS) is 16.8. The second-order valence-electron chi connectivity index (χ2n) is 9.31. The van der Waals surface area contributed by atoms with Gasteiger partial charge in [-0.25, -0.2) is 13.2 Å². The molecule has 0 bridgehead atoms. The number of alkyl halides is 1. The van der Waals surface area contributed by atoms with E-state index in [9.17, 15) is 13.9 Å². The van der Waals surface area contributed by atoms with Gasteiger partial charge < -0.3 is 14.7 Å². The van der Waals surface area contributed by atoms with Crippen LogP contribution in [0, 0.1) is 17.0 Å². The topological polar surface area (TPSA) is 45.6 Å². The van der Waals surface area contributed by atoms with Gasteiger partial charge in [0.05, 0.1) is 17.6 Å². The van der Waals surface area contributed by atoms with Crippen molar-refractivity contribution in [3.63, 3.8) is 0 Å². The van der Waals surface area contributed by atoms with Gasteiger partial charge in [0.1, 0.15) is 11.9 Å². The van der Waals surface area contributed by atoms with Crippen LogP contribution in [0.5, 0.6) is 5.75 Å². The van der Waals surface area contributed by atoms with E-state index in [1.165, 1.54) is 24.0 Å². The van der Waals surface area contributed by atoms with Gasteiger partial charge in [-0.05, 0) is 74.5 Å². The standard InChI is InChI=1S/C27H30ClF3N2O2S/c1-35-18-5-6-23-19(15-18)25(20(28)16-32-23)21(29)7-8-27(17-34)9-11-33(12-10-27)13-14-36-24-4-2-3-22(30)26(24)31/h2-6,15-16,21,34H,7-14,17H2,1H3/t21-/m0/s1. The minimum absolute atomic E-state index is 0.00450. The smallest absolute Gasteiger partial charge is 0.172 e. The molecule has 0 unspecified atom stereocenters. The van der Waals surface area contributed by atoms with Crippen LogP contribution in [-0.4, -0.2) is 54.1 Å². The number of likely N-dealkylation sites (tertiary alicyclic amines) is 1. The fourth-order valence-corrected chi connectivity index (χ4v) is 6.05. The Balaban J connectivity index is 1.33. The number of hydrogen-bond donors (Lipinski definition) is 1. The second-order valence-corrected chi connectivity index (χ2v) is 10.9. The summed E-state index contributed by atoms with van der Waals surface area (Å²) in [6, 6.07) is 9.52. The summed E-state index contributed by atoms with van der Waals surface area (Å²) in [5.74, 6) is -0.396. The van der Waals surface area contributed by atoms with Crippen molar-refractivity contribution < 1.29 is 23.0 Å². The molecular weight excluding hydrogens is 509 g/mol. The Morgan fingerprint density at radius 1 is 1.22 bits per heavy atom. The molecule has 2 aromatic carbocycles. The zero-order valence-corrected chi connectivity index (χ0v) is 21.7. The Morgan fingerprint density at radius 2 is 2.00 bits per heavy atom. The molecule has 3 aromatic rings. The molecule has 1 aliphatic heterocycles. The monoisotopic (exact) mass is 538 g/mol. The number of ether oxygens (including phenoxy) is 1. The number of halogens is 4. The van der Waals surface area contributed by atoms with Crippen molar-refractivity contribution >= 4 is 34.3 Å². The third-order valence-corrected chi connectivity index (χ3v) is 8.46. The highest BCUT2D eigenvalue weighted by atomic mass is 35.5. The van der Waals surface area contributed by atoms with Crippen LogP contribution in [0.15, 0.2) is 47.5 Å². The second kappa shape index (κ2) is 12.0. The number of thioether (sulfide) groups is 1. The Bertz CT molecular complexity index is 1190. The first-order chi connectivity index (χ1) is 17.4. The van der Waals surface area contributed by atoms with Crippen LogP contribution < -0.4 is 4.74 Å². The van der Waals surface area contributed by atoms with Crippen molar-refractivity contribution in [2.45, 2.75) is 36.8 Å².